The van der Waals surface area contributed by atoms with Crippen molar-refractivity contribution >= 4 is 34.3 Å². The number of hydrogen-bond donors (Lipinski definition) is 0. The van der Waals surface area contributed by atoms with Crippen molar-refractivity contribution in [1.29, 1.82) is 0 Å². The second kappa shape index (κ2) is 5.17. The molecule has 26 heavy (non-hydrogen) atoms. The molecule has 4 aliphatic rings. The van der Waals surface area contributed by atoms with Gasteiger partial charge in [0, 0.05) is 33.5 Å². The SMILES string of the molecule is CCC1=CC2c3c(F)cc4c5c(c(F)cc(c35)C2S1)C1SC(CC)=CC41. The standard InChI is InChI=1S/C22H18F2S2/c1-3-9-5-12-11-7-15(23)17-13-6-10(4-2)25-21(13)14-8-16(24)20(22(12)26-9)18(11)19(14)17/h5-8,12-13,21-22H,3-4H2,1-2H3. The van der Waals surface area contributed by atoms with E-state index < -0.39 is 0 Å². The average molecular weight is 385 g/mol. The molecule has 6 rings (SSSR count). The number of benzene rings is 2. The Balaban J connectivity index is 1.68. The van der Waals surface area contributed by atoms with Crippen molar-refractivity contribution in [3.05, 3.63) is 68.0 Å². The molecule has 132 valence electrons. The number of hydrogen-bond acceptors (Lipinski definition) is 2. The van der Waals surface area contributed by atoms with Crippen molar-refractivity contribution in [3.8, 4) is 0 Å². The molecule has 0 spiro atoms. The van der Waals surface area contributed by atoms with Gasteiger partial charge in [-0.2, -0.15) is 0 Å². The molecule has 2 aromatic carbocycles. The Morgan fingerprint density at radius 2 is 1.35 bits per heavy atom. The maximum Gasteiger partial charge on any atom is 0.128 e. The topological polar surface area (TPSA) is 0 Å². The Hall–Kier alpha value is -1.26. The number of thioether (sulfide) groups is 2. The second-order valence-electron chi connectivity index (χ2n) is 7.57. The zero-order chi connectivity index (χ0) is 17.7. The van der Waals surface area contributed by atoms with Gasteiger partial charge in [0.2, 0.25) is 0 Å². The first-order valence-electron chi connectivity index (χ1n) is 9.35. The van der Waals surface area contributed by atoms with Gasteiger partial charge in [-0.3, -0.25) is 0 Å². The Morgan fingerprint density at radius 1 is 0.769 bits per heavy atom. The van der Waals surface area contributed by atoms with E-state index in [-0.39, 0.29) is 34.0 Å². The van der Waals surface area contributed by atoms with E-state index in [9.17, 15) is 0 Å². The van der Waals surface area contributed by atoms with E-state index in [1.807, 2.05) is 0 Å². The Bertz CT molecular complexity index is 1070. The van der Waals surface area contributed by atoms with Crippen molar-refractivity contribution in [1.82, 2.24) is 0 Å². The van der Waals surface area contributed by atoms with Gasteiger partial charge in [-0.15, -0.1) is 23.5 Å². The molecular formula is C22H18F2S2. The van der Waals surface area contributed by atoms with Crippen LogP contribution in [-0.4, -0.2) is 0 Å². The minimum absolute atomic E-state index is 0.0588. The summed E-state index contributed by atoms with van der Waals surface area (Å²) in [5.41, 5.74) is 3.64. The largest absolute Gasteiger partial charge is 0.207 e. The number of allylic oxidation sites excluding steroid dienone is 4. The van der Waals surface area contributed by atoms with Gasteiger partial charge in [0.05, 0.1) is 0 Å². The molecule has 0 nitrogen and oxygen atoms in total. The molecular weight excluding hydrogens is 366 g/mol. The van der Waals surface area contributed by atoms with E-state index in [0.29, 0.717) is 0 Å². The van der Waals surface area contributed by atoms with E-state index in [0.717, 1.165) is 45.9 Å². The minimum atomic E-state index is -0.1000. The van der Waals surface area contributed by atoms with Gasteiger partial charge in [0.1, 0.15) is 11.6 Å². The van der Waals surface area contributed by atoms with Crippen LogP contribution in [0.5, 0.6) is 0 Å². The number of fused-ring (bicyclic) bond motifs is 6. The second-order valence-corrected chi connectivity index (χ2v) is 10.1. The van der Waals surface area contributed by atoms with Crippen LogP contribution in [0.4, 0.5) is 8.78 Å². The molecule has 2 aliphatic carbocycles. The van der Waals surface area contributed by atoms with Gasteiger partial charge in [-0.05, 0) is 56.7 Å². The van der Waals surface area contributed by atoms with Crippen molar-refractivity contribution in [2.75, 3.05) is 0 Å². The summed E-state index contributed by atoms with van der Waals surface area (Å²) in [5.74, 6) is -0.0168. The average Bonchev–Trinajstić information content (AvgIpc) is 3.34. The van der Waals surface area contributed by atoms with E-state index in [4.69, 9.17) is 0 Å². The molecule has 0 fully saturated rings. The van der Waals surface area contributed by atoms with Crippen LogP contribution in [0, 0.1) is 11.6 Å². The fraction of sp³-hybridized carbons (Fsp3) is 0.364. The lowest BCUT2D eigenvalue weighted by molar-refractivity contribution is 0.600. The van der Waals surface area contributed by atoms with Crippen LogP contribution in [0.25, 0.3) is 10.8 Å². The lowest BCUT2D eigenvalue weighted by Gasteiger charge is -2.14. The third kappa shape index (κ3) is 1.73. The lowest BCUT2D eigenvalue weighted by Crippen LogP contribution is -1.99. The van der Waals surface area contributed by atoms with Crippen LogP contribution in [0.3, 0.4) is 0 Å². The van der Waals surface area contributed by atoms with Crippen LogP contribution in [-0.2, 0) is 0 Å². The summed E-state index contributed by atoms with van der Waals surface area (Å²) in [5, 5.41) is 2.26. The van der Waals surface area contributed by atoms with Crippen LogP contribution in [0.2, 0.25) is 0 Å². The van der Waals surface area contributed by atoms with Gasteiger partial charge in [-0.25, -0.2) is 8.78 Å². The highest BCUT2D eigenvalue weighted by Crippen LogP contribution is 2.66. The number of rotatable bonds is 2. The van der Waals surface area contributed by atoms with Crippen molar-refractivity contribution in [2.45, 2.75) is 49.0 Å². The molecule has 0 radical (unpaired) electrons. The third-order valence-corrected chi connectivity index (χ3v) is 9.40. The van der Waals surface area contributed by atoms with Crippen LogP contribution in [0.1, 0.15) is 71.3 Å². The Kier molecular flexibility index (Phi) is 3.13. The summed E-state index contributed by atoms with van der Waals surface area (Å²) in [6.45, 7) is 4.26. The predicted octanol–water partition coefficient (Wildman–Crippen LogP) is 7.48. The van der Waals surface area contributed by atoms with Gasteiger partial charge < -0.3 is 0 Å². The van der Waals surface area contributed by atoms with Gasteiger partial charge in [0.25, 0.3) is 0 Å². The Labute approximate surface area is 160 Å². The molecule has 0 aromatic heterocycles. The Morgan fingerprint density at radius 3 is 2.08 bits per heavy atom. The molecule has 2 heterocycles. The molecule has 0 bridgehead atoms. The van der Waals surface area contributed by atoms with Crippen LogP contribution >= 0.6 is 23.5 Å². The zero-order valence-electron chi connectivity index (χ0n) is 14.6. The smallest absolute Gasteiger partial charge is 0.128 e. The molecule has 0 saturated heterocycles. The molecule has 4 heteroatoms. The van der Waals surface area contributed by atoms with E-state index in [2.05, 4.69) is 26.0 Å². The van der Waals surface area contributed by atoms with E-state index >= 15 is 8.78 Å². The van der Waals surface area contributed by atoms with Crippen LogP contribution < -0.4 is 0 Å². The van der Waals surface area contributed by atoms with E-state index in [1.54, 1.807) is 35.7 Å². The zero-order valence-corrected chi connectivity index (χ0v) is 16.2. The minimum Gasteiger partial charge on any atom is -0.207 e. The lowest BCUT2D eigenvalue weighted by atomic mass is 9.94. The molecule has 4 atom stereocenters. The van der Waals surface area contributed by atoms with Crippen LogP contribution in [0.15, 0.2) is 34.1 Å². The maximum absolute atomic E-state index is 15.3. The van der Waals surface area contributed by atoms with Gasteiger partial charge in [0.15, 0.2) is 0 Å². The molecule has 2 aliphatic heterocycles. The quantitative estimate of drug-likeness (QED) is 0.526. The fourth-order valence-corrected chi connectivity index (χ4v) is 8.11. The first kappa shape index (κ1) is 15.8. The predicted molar refractivity (Wildman–Crippen MR) is 107 cm³/mol. The number of halogens is 2. The maximum atomic E-state index is 15.3. The molecule has 0 N–H and O–H groups in total. The summed E-state index contributed by atoms with van der Waals surface area (Å²) in [6.07, 6.45) is 6.38. The van der Waals surface area contributed by atoms with Crippen molar-refractivity contribution in [3.63, 3.8) is 0 Å². The summed E-state index contributed by atoms with van der Waals surface area (Å²) in [4.78, 5) is 2.59. The first-order chi connectivity index (χ1) is 12.6. The molecule has 4 unspecified atom stereocenters. The third-order valence-electron chi connectivity index (χ3n) is 6.37. The summed E-state index contributed by atoms with van der Waals surface area (Å²) in [6, 6.07) is 3.44. The van der Waals surface area contributed by atoms with Gasteiger partial charge >= 0.3 is 0 Å². The monoisotopic (exact) mass is 384 g/mol. The summed E-state index contributed by atoms with van der Waals surface area (Å²) >= 11 is 3.57. The molecule has 0 amide bonds. The summed E-state index contributed by atoms with van der Waals surface area (Å²) < 4.78 is 30.5. The van der Waals surface area contributed by atoms with Crippen molar-refractivity contribution < 1.29 is 8.78 Å². The van der Waals surface area contributed by atoms with Gasteiger partial charge in [-0.1, -0.05) is 26.0 Å². The highest BCUT2D eigenvalue weighted by Gasteiger charge is 2.47. The molecule has 0 saturated carbocycles. The normalized spacial score (nSPS) is 30.0. The summed E-state index contributed by atoms with van der Waals surface area (Å²) in [7, 11) is 0. The van der Waals surface area contributed by atoms with E-state index in [1.165, 1.54) is 9.81 Å². The highest BCUT2D eigenvalue weighted by atomic mass is 32.2. The first-order valence-corrected chi connectivity index (χ1v) is 11.1. The van der Waals surface area contributed by atoms with Crippen molar-refractivity contribution in [2.24, 2.45) is 0 Å². The highest BCUT2D eigenvalue weighted by molar-refractivity contribution is 8.03. The molecule has 2 aromatic rings. The fourth-order valence-electron chi connectivity index (χ4n) is 5.28.